The molecule has 1 aliphatic rings. The molecule has 0 bridgehead atoms. The first-order chi connectivity index (χ1) is 9.15. The molecule has 1 aromatic heterocycles. The fourth-order valence-corrected chi connectivity index (χ4v) is 2.34. The van der Waals surface area contributed by atoms with Crippen molar-refractivity contribution in [1.29, 1.82) is 0 Å². The lowest BCUT2D eigenvalue weighted by molar-refractivity contribution is 0.0519. The van der Waals surface area contributed by atoms with Gasteiger partial charge in [-0.05, 0) is 31.7 Å². The molecule has 6 heteroatoms. The number of hydrogen-bond donors (Lipinski definition) is 1. The average Bonchev–Trinajstić information content (AvgIpc) is 2.89. The number of ether oxygens (including phenoxy) is 1. The van der Waals surface area contributed by atoms with Crippen molar-refractivity contribution in [3.63, 3.8) is 0 Å². The van der Waals surface area contributed by atoms with E-state index < -0.39 is 5.97 Å². The fraction of sp³-hybridized carbons (Fsp3) is 0.692. The summed E-state index contributed by atoms with van der Waals surface area (Å²) in [7, 11) is 0. The molecule has 2 heterocycles. The summed E-state index contributed by atoms with van der Waals surface area (Å²) in [5.74, 6) is 0.602. The van der Waals surface area contributed by atoms with E-state index in [1.165, 1.54) is 6.26 Å². The van der Waals surface area contributed by atoms with Crippen LogP contribution in [0.5, 0.6) is 0 Å². The second-order valence-electron chi connectivity index (χ2n) is 4.94. The lowest BCUT2D eigenvalue weighted by atomic mass is 9.87. The minimum Gasteiger partial charge on any atom is -0.461 e. The van der Waals surface area contributed by atoms with Crippen LogP contribution in [-0.2, 0) is 4.74 Å². The van der Waals surface area contributed by atoms with Crippen LogP contribution in [0, 0.1) is 11.8 Å². The number of rotatable bonds is 4. The highest BCUT2D eigenvalue weighted by atomic mass is 16.5. The molecule has 1 saturated heterocycles. The van der Waals surface area contributed by atoms with Gasteiger partial charge in [0, 0.05) is 13.1 Å². The third-order valence-corrected chi connectivity index (χ3v) is 3.66. The highest BCUT2D eigenvalue weighted by Crippen LogP contribution is 2.26. The fourth-order valence-electron chi connectivity index (χ4n) is 2.34. The molecule has 19 heavy (non-hydrogen) atoms. The summed E-state index contributed by atoms with van der Waals surface area (Å²) in [5.41, 5.74) is 6.00. The Hall–Kier alpha value is -1.56. The molecule has 0 saturated carbocycles. The van der Waals surface area contributed by atoms with E-state index in [1.807, 2.05) is 4.90 Å². The van der Waals surface area contributed by atoms with Crippen LogP contribution in [0.1, 0.15) is 30.8 Å². The molecule has 0 radical (unpaired) electrons. The molecule has 2 N–H and O–H groups in total. The highest BCUT2D eigenvalue weighted by Gasteiger charge is 2.28. The van der Waals surface area contributed by atoms with Crippen molar-refractivity contribution in [3.05, 3.63) is 12.0 Å². The van der Waals surface area contributed by atoms with Crippen LogP contribution in [0.4, 0.5) is 6.01 Å². The van der Waals surface area contributed by atoms with E-state index in [1.54, 1.807) is 6.92 Å². The monoisotopic (exact) mass is 267 g/mol. The number of nitrogens with two attached hydrogens (primary N) is 1. The predicted octanol–water partition coefficient (Wildman–Crippen LogP) is 1.27. The molecule has 106 valence electrons. The van der Waals surface area contributed by atoms with Crippen LogP contribution in [-0.4, -0.2) is 37.2 Å². The van der Waals surface area contributed by atoms with E-state index in [0.717, 1.165) is 19.5 Å². The molecular weight excluding hydrogens is 246 g/mol. The van der Waals surface area contributed by atoms with Gasteiger partial charge in [-0.1, -0.05) is 6.92 Å². The predicted molar refractivity (Wildman–Crippen MR) is 71.0 cm³/mol. The first-order valence-corrected chi connectivity index (χ1v) is 6.73. The smallest absolute Gasteiger partial charge is 0.360 e. The molecule has 1 aliphatic heterocycles. The topological polar surface area (TPSA) is 81.6 Å². The highest BCUT2D eigenvalue weighted by molar-refractivity contribution is 5.87. The summed E-state index contributed by atoms with van der Waals surface area (Å²) in [5, 5.41) is 0. The van der Waals surface area contributed by atoms with E-state index in [4.69, 9.17) is 14.9 Å². The Balaban J connectivity index is 2.04. The van der Waals surface area contributed by atoms with Crippen LogP contribution >= 0.6 is 0 Å². The van der Waals surface area contributed by atoms with Gasteiger partial charge in [0.15, 0.2) is 5.69 Å². The molecule has 2 rings (SSSR count). The van der Waals surface area contributed by atoms with E-state index >= 15 is 0 Å². The van der Waals surface area contributed by atoms with Gasteiger partial charge in [-0.3, -0.25) is 0 Å². The quantitative estimate of drug-likeness (QED) is 0.827. The maximum Gasteiger partial charge on any atom is 0.360 e. The van der Waals surface area contributed by atoms with Gasteiger partial charge in [0.1, 0.15) is 6.26 Å². The Morgan fingerprint density at radius 2 is 2.47 bits per heavy atom. The van der Waals surface area contributed by atoms with Crippen LogP contribution in [0.2, 0.25) is 0 Å². The zero-order valence-corrected chi connectivity index (χ0v) is 11.5. The Morgan fingerprint density at radius 1 is 1.68 bits per heavy atom. The summed E-state index contributed by atoms with van der Waals surface area (Å²) in [6, 6.07) is 0.480. The zero-order chi connectivity index (χ0) is 13.8. The van der Waals surface area contributed by atoms with E-state index in [2.05, 4.69) is 11.9 Å². The van der Waals surface area contributed by atoms with Gasteiger partial charge in [-0.2, -0.15) is 4.98 Å². The van der Waals surface area contributed by atoms with Gasteiger partial charge in [0.25, 0.3) is 6.01 Å². The summed E-state index contributed by atoms with van der Waals surface area (Å²) < 4.78 is 10.3. The molecule has 0 spiro atoms. The summed E-state index contributed by atoms with van der Waals surface area (Å²) >= 11 is 0. The molecule has 0 aliphatic carbocycles. The van der Waals surface area contributed by atoms with Crippen molar-refractivity contribution in [3.8, 4) is 0 Å². The summed E-state index contributed by atoms with van der Waals surface area (Å²) in [4.78, 5) is 17.8. The normalized spacial score (nSPS) is 23.4. The zero-order valence-electron chi connectivity index (χ0n) is 11.5. The van der Waals surface area contributed by atoms with E-state index in [0.29, 0.717) is 31.0 Å². The van der Waals surface area contributed by atoms with Crippen molar-refractivity contribution < 1.29 is 13.9 Å². The number of esters is 1. The van der Waals surface area contributed by atoms with Crippen LogP contribution in [0.25, 0.3) is 0 Å². The minimum atomic E-state index is -0.446. The van der Waals surface area contributed by atoms with Gasteiger partial charge >= 0.3 is 5.97 Å². The molecule has 2 unspecified atom stereocenters. The standard InChI is InChI=1S/C13H21N3O3/c1-3-18-12(17)11-8-19-13(15-11)16-5-4-9(2)10(6-14)7-16/h8-10H,3-7,14H2,1-2H3. The van der Waals surface area contributed by atoms with Crippen molar-refractivity contribution in [2.45, 2.75) is 20.3 Å². The van der Waals surface area contributed by atoms with Crippen molar-refractivity contribution in [1.82, 2.24) is 4.98 Å². The third-order valence-electron chi connectivity index (χ3n) is 3.66. The molecule has 0 aromatic carbocycles. The van der Waals surface area contributed by atoms with Gasteiger partial charge in [0.2, 0.25) is 0 Å². The first kappa shape index (κ1) is 13.9. The number of carbonyl (C=O) groups is 1. The number of oxazole rings is 1. The lowest BCUT2D eigenvalue weighted by Crippen LogP contribution is -2.42. The Labute approximate surface area is 112 Å². The first-order valence-electron chi connectivity index (χ1n) is 6.73. The van der Waals surface area contributed by atoms with Gasteiger partial charge in [-0.25, -0.2) is 4.79 Å². The molecule has 2 atom stereocenters. The lowest BCUT2D eigenvalue weighted by Gasteiger charge is -2.35. The van der Waals surface area contributed by atoms with Gasteiger partial charge in [-0.15, -0.1) is 0 Å². The van der Waals surface area contributed by atoms with E-state index in [-0.39, 0.29) is 5.69 Å². The molecule has 0 amide bonds. The van der Waals surface area contributed by atoms with Gasteiger partial charge < -0.3 is 19.8 Å². The largest absolute Gasteiger partial charge is 0.461 e. The number of aromatic nitrogens is 1. The van der Waals surface area contributed by atoms with Crippen LogP contribution in [0.3, 0.4) is 0 Å². The summed E-state index contributed by atoms with van der Waals surface area (Å²) in [6.07, 6.45) is 2.40. The van der Waals surface area contributed by atoms with Crippen molar-refractivity contribution >= 4 is 12.0 Å². The number of piperidine rings is 1. The third kappa shape index (κ3) is 3.07. The maximum absolute atomic E-state index is 11.5. The number of hydrogen-bond acceptors (Lipinski definition) is 6. The van der Waals surface area contributed by atoms with Gasteiger partial charge in [0.05, 0.1) is 6.61 Å². The van der Waals surface area contributed by atoms with Crippen molar-refractivity contribution in [2.75, 3.05) is 31.1 Å². The second-order valence-corrected chi connectivity index (χ2v) is 4.94. The minimum absolute atomic E-state index is 0.222. The molecule has 1 aromatic rings. The Morgan fingerprint density at radius 3 is 3.16 bits per heavy atom. The van der Waals surface area contributed by atoms with Crippen LogP contribution in [0.15, 0.2) is 10.7 Å². The molecule has 6 nitrogen and oxygen atoms in total. The molecular formula is C13H21N3O3. The molecule has 1 fully saturated rings. The van der Waals surface area contributed by atoms with Crippen LogP contribution < -0.4 is 10.6 Å². The average molecular weight is 267 g/mol. The summed E-state index contributed by atoms with van der Waals surface area (Å²) in [6.45, 7) is 6.66. The number of anilines is 1. The number of nitrogens with zero attached hydrogens (tertiary/aromatic N) is 2. The van der Waals surface area contributed by atoms with E-state index in [9.17, 15) is 4.79 Å². The Kier molecular flexibility index (Phi) is 4.42. The maximum atomic E-state index is 11.5. The second kappa shape index (κ2) is 6.06. The SMILES string of the molecule is CCOC(=O)c1coc(N2CCC(C)C(CN)C2)n1. The Bertz CT molecular complexity index is 433. The van der Waals surface area contributed by atoms with Crippen molar-refractivity contribution in [2.24, 2.45) is 17.6 Å². The number of carbonyl (C=O) groups excluding carboxylic acids is 1.